The van der Waals surface area contributed by atoms with E-state index >= 15 is 0 Å². The van der Waals surface area contributed by atoms with Crippen molar-refractivity contribution >= 4 is 5.95 Å². The average molecular weight is 282 g/mol. The monoisotopic (exact) mass is 282 g/mol. The fourth-order valence-electron chi connectivity index (χ4n) is 1.99. The third-order valence-corrected chi connectivity index (χ3v) is 3.06. The predicted octanol–water partition coefficient (Wildman–Crippen LogP) is 1.29. The second kappa shape index (κ2) is 5.04. The number of phenols is 1. The number of phenolic OH excluding ortho intramolecular Hbond substituents is 1. The number of rotatable bonds is 2. The molecule has 2 heterocycles. The molecule has 2 aromatic rings. The summed E-state index contributed by atoms with van der Waals surface area (Å²) in [6, 6.07) is 2.00. The minimum atomic E-state index is -1.04. The largest absolute Gasteiger partial charge is 0.503 e. The Morgan fingerprint density at radius 3 is 2.50 bits per heavy atom. The SMILES string of the molecule is Oc1c(F)cc(-c2nc(N3CCOCC3)n[nH]2)cc1F. The average Bonchev–Trinajstić information content (AvgIpc) is 2.95. The fraction of sp³-hybridized carbons (Fsp3) is 0.333. The van der Waals surface area contributed by atoms with Gasteiger partial charge in [0.05, 0.1) is 13.2 Å². The molecule has 1 saturated heterocycles. The molecule has 0 aliphatic carbocycles. The van der Waals surface area contributed by atoms with Gasteiger partial charge in [0.15, 0.2) is 23.2 Å². The van der Waals surface area contributed by atoms with Gasteiger partial charge >= 0.3 is 0 Å². The number of halogens is 2. The molecule has 2 N–H and O–H groups in total. The Kier molecular flexibility index (Phi) is 3.23. The maximum atomic E-state index is 13.3. The molecule has 0 radical (unpaired) electrons. The zero-order chi connectivity index (χ0) is 14.1. The van der Waals surface area contributed by atoms with Gasteiger partial charge in [-0.1, -0.05) is 0 Å². The van der Waals surface area contributed by atoms with Crippen LogP contribution in [0.5, 0.6) is 5.75 Å². The molecule has 20 heavy (non-hydrogen) atoms. The molecule has 1 aliphatic heterocycles. The molecule has 3 rings (SSSR count). The third kappa shape index (κ3) is 2.29. The first kappa shape index (κ1) is 12.8. The van der Waals surface area contributed by atoms with Gasteiger partial charge in [-0.05, 0) is 12.1 Å². The standard InChI is InChI=1S/C12H12F2N4O2/c13-8-5-7(6-9(14)10(8)19)11-15-12(17-16-11)18-1-3-20-4-2-18/h5-6,19H,1-4H2,(H,15,16,17). The number of hydrogen-bond acceptors (Lipinski definition) is 5. The number of anilines is 1. The van der Waals surface area contributed by atoms with Crippen LogP contribution in [0.3, 0.4) is 0 Å². The lowest BCUT2D eigenvalue weighted by Crippen LogP contribution is -2.36. The summed E-state index contributed by atoms with van der Waals surface area (Å²) in [6.45, 7) is 2.50. The van der Waals surface area contributed by atoms with Crippen LogP contribution in [-0.2, 0) is 4.74 Å². The Bertz CT molecular complexity index is 603. The van der Waals surface area contributed by atoms with E-state index in [1.165, 1.54) is 0 Å². The van der Waals surface area contributed by atoms with Crippen LogP contribution in [0.25, 0.3) is 11.4 Å². The Hall–Kier alpha value is -2.22. The van der Waals surface area contributed by atoms with Crippen molar-refractivity contribution in [3.05, 3.63) is 23.8 Å². The molecule has 0 saturated carbocycles. The van der Waals surface area contributed by atoms with Crippen LogP contribution < -0.4 is 4.90 Å². The second-order valence-corrected chi connectivity index (χ2v) is 4.37. The molecular formula is C12H12F2N4O2. The molecule has 8 heteroatoms. The molecule has 0 spiro atoms. The predicted molar refractivity (Wildman–Crippen MR) is 66.4 cm³/mol. The maximum absolute atomic E-state index is 13.3. The van der Waals surface area contributed by atoms with Gasteiger partial charge in [-0.3, -0.25) is 5.10 Å². The van der Waals surface area contributed by atoms with E-state index in [0.717, 1.165) is 12.1 Å². The van der Waals surface area contributed by atoms with E-state index in [-0.39, 0.29) is 11.4 Å². The second-order valence-electron chi connectivity index (χ2n) is 4.37. The molecule has 1 aromatic carbocycles. The van der Waals surface area contributed by atoms with Crippen LogP contribution in [0.4, 0.5) is 14.7 Å². The third-order valence-electron chi connectivity index (χ3n) is 3.06. The molecule has 0 unspecified atom stereocenters. The summed E-state index contributed by atoms with van der Waals surface area (Å²) in [7, 11) is 0. The quantitative estimate of drug-likeness (QED) is 0.868. The number of morpholine rings is 1. The number of aromatic hydroxyl groups is 1. The van der Waals surface area contributed by atoms with Crippen LogP contribution in [0.15, 0.2) is 12.1 Å². The molecule has 1 aromatic heterocycles. The molecule has 0 bridgehead atoms. The van der Waals surface area contributed by atoms with Gasteiger partial charge < -0.3 is 14.7 Å². The van der Waals surface area contributed by atoms with E-state index in [9.17, 15) is 8.78 Å². The van der Waals surface area contributed by atoms with Gasteiger partial charge in [-0.2, -0.15) is 4.98 Å². The van der Waals surface area contributed by atoms with E-state index in [4.69, 9.17) is 9.84 Å². The number of benzene rings is 1. The number of hydrogen-bond donors (Lipinski definition) is 2. The van der Waals surface area contributed by atoms with Crippen molar-refractivity contribution in [2.75, 3.05) is 31.2 Å². The normalized spacial score (nSPS) is 15.6. The van der Waals surface area contributed by atoms with Gasteiger partial charge in [-0.15, -0.1) is 5.10 Å². The zero-order valence-corrected chi connectivity index (χ0v) is 10.4. The summed E-state index contributed by atoms with van der Waals surface area (Å²) in [5, 5.41) is 15.7. The van der Waals surface area contributed by atoms with Gasteiger partial charge in [-0.25, -0.2) is 8.78 Å². The molecule has 6 nitrogen and oxygen atoms in total. The highest BCUT2D eigenvalue weighted by atomic mass is 19.1. The Labute approximate surface area is 113 Å². The van der Waals surface area contributed by atoms with Crippen molar-refractivity contribution in [1.82, 2.24) is 15.2 Å². The zero-order valence-electron chi connectivity index (χ0n) is 10.4. The van der Waals surface area contributed by atoms with Gasteiger partial charge in [0.25, 0.3) is 0 Å². The minimum absolute atomic E-state index is 0.185. The number of H-pyrrole nitrogens is 1. The number of ether oxygens (including phenoxy) is 1. The minimum Gasteiger partial charge on any atom is -0.503 e. The molecule has 0 atom stereocenters. The lowest BCUT2D eigenvalue weighted by Gasteiger charge is -2.25. The first-order valence-electron chi connectivity index (χ1n) is 6.08. The van der Waals surface area contributed by atoms with Crippen molar-refractivity contribution in [3.63, 3.8) is 0 Å². The van der Waals surface area contributed by atoms with E-state index in [0.29, 0.717) is 32.3 Å². The highest BCUT2D eigenvalue weighted by Crippen LogP contribution is 2.26. The first-order chi connectivity index (χ1) is 9.65. The van der Waals surface area contributed by atoms with Gasteiger partial charge in [0.1, 0.15) is 0 Å². The summed E-state index contributed by atoms with van der Waals surface area (Å²) >= 11 is 0. The van der Waals surface area contributed by atoms with E-state index in [1.54, 1.807) is 0 Å². The fourth-order valence-corrected chi connectivity index (χ4v) is 1.99. The lowest BCUT2D eigenvalue weighted by atomic mass is 10.2. The van der Waals surface area contributed by atoms with Crippen molar-refractivity contribution in [2.24, 2.45) is 0 Å². The molecule has 1 aliphatic rings. The maximum Gasteiger partial charge on any atom is 0.245 e. The number of aromatic nitrogens is 3. The summed E-state index contributed by atoms with van der Waals surface area (Å²) < 4.78 is 31.8. The Morgan fingerprint density at radius 1 is 1.20 bits per heavy atom. The molecule has 0 amide bonds. The summed E-state index contributed by atoms with van der Waals surface area (Å²) in [5.74, 6) is -2.38. The van der Waals surface area contributed by atoms with Crippen LogP contribution in [0.2, 0.25) is 0 Å². The van der Waals surface area contributed by atoms with Gasteiger partial charge in [0.2, 0.25) is 5.95 Å². The van der Waals surface area contributed by atoms with Crippen molar-refractivity contribution in [2.45, 2.75) is 0 Å². The topological polar surface area (TPSA) is 74.3 Å². The van der Waals surface area contributed by atoms with Gasteiger partial charge in [0, 0.05) is 18.7 Å². The number of nitrogens with one attached hydrogen (secondary N) is 1. The Morgan fingerprint density at radius 2 is 1.85 bits per heavy atom. The summed E-state index contributed by atoms with van der Waals surface area (Å²) in [5.41, 5.74) is 0.185. The van der Waals surface area contributed by atoms with Crippen LogP contribution >= 0.6 is 0 Å². The van der Waals surface area contributed by atoms with E-state index < -0.39 is 17.4 Å². The van der Waals surface area contributed by atoms with Crippen LogP contribution in [-0.4, -0.2) is 46.6 Å². The van der Waals surface area contributed by atoms with Crippen LogP contribution in [0.1, 0.15) is 0 Å². The number of aromatic amines is 1. The smallest absolute Gasteiger partial charge is 0.245 e. The number of nitrogens with zero attached hydrogens (tertiary/aromatic N) is 3. The van der Waals surface area contributed by atoms with E-state index in [1.807, 2.05) is 4.90 Å². The summed E-state index contributed by atoms with van der Waals surface area (Å²) in [6.07, 6.45) is 0. The molecule has 1 fully saturated rings. The lowest BCUT2D eigenvalue weighted by molar-refractivity contribution is 0.122. The highest BCUT2D eigenvalue weighted by Gasteiger charge is 2.18. The van der Waals surface area contributed by atoms with E-state index in [2.05, 4.69) is 15.2 Å². The van der Waals surface area contributed by atoms with Crippen molar-refractivity contribution < 1.29 is 18.6 Å². The molecule has 106 valence electrons. The van der Waals surface area contributed by atoms with Crippen molar-refractivity contribution in [3.8, 4) is 17.1 Å². The Balaban J connectivity index is 1.89. The first-order valence-corrected chi connectivity index (χ1v) is 6.08. The highest BCUT2D eigenvalue weighted by molar-refractivity contribution is 5.58. The summed E-state index contributed by atoms with van der Waals surface area (Å²) in [4.78, 5) is 6.12. The van der Waals surface area contributed by atoms with Crippen LogP contribution in [0, 0.1) is 11.6 Å². The van der Waals surface area contributed by atoms with Crippen molar-refractivity contribution in [1.29, 1.82) is 0 Å². The molecular weight excluding hydrogens is 270 g/mol.